The molecule has 1 N–H and O–H groups in total. The van der Waals surface area contributed by atoms with Gasteiger partial charge in [0.05, 0.1) is 18.6 Å². The summed E-state index contributed by atoms with van der Waals surface area (Å²) in [7, 11) is 0. The Kier molecular flexibility index (Phi) is 4.35. The van der Waals surface area contributed by atoms with Gasteiger partial charge in [-0.05, 0) is 18.9 Å². The van der Waals surface area contributed by atoms with Crippen molar-refractivity contribution < 1.29 is 19.4 Å². The minimum atomic E-state index is -0.950. The molecule has 0 saturated heterocycles. The summed E-state index contributed by atoms with van der Waals surface area (Å²) >= 11 is 0. The molecule has 0 fully saturated rings. The fourth-order valence-electron chi connectivity index (χ4n) is 2.57. The minimum absolute atomic E-state index is 0.00241. The van der Waals surface area contributed by atoms with Gasteiger partial charge in [-0.25, -0.2) is 4.79 Å². The highest BCUT2D eigenvalue weighted by Crippen LogP contribution is 2.37. The van der Waals surface area contributed by atoms with Gasteiger partial charge in [-0.15, -0.1) is 0 Å². The molecule has 2 atom stereocenters. The highest BCUT2D eigenvalue weighted by molar-refractivity contribution is 6.27. The highest BCUT2D eigenvalue weighted by Gasteiger charge is 2.43. The van der Waals surface area contributed by atoms with Crippen LogP contribution in [0.15, 0.2) is 35.9 Å². The van der Waals surface area contributed by atoms with Gasteiger partial charge in [0.25, 0.3) is 0 Å². The van der Waals surface area contributed by atoms with E-state index >= 15 is 0 Å². The number of hydrogen-bond donors (Lipinski definition) is 1. The average molecular weight is 274 g/mol. The van der Waals surface area contributed by atoms with Crippen LogP contribution < -0.4 is 0 Å². The second-order valence-electron chi connectivity index (χ2n) is 4.70. The Bertz CT molecular complexity index is 545. The summed E-state index contributed by atoms with van der Waals surface area (Å²) in [5, 5.41) is 10.4. The van der Waals surface area contributed by atoms with Crippen LogP contribution in [-0.4, -0.2) is 29.6 Å². The number of esters is 1. The predicted molar refractivity (Wildman–Crippen MR) is 74.8 cm³/mol. The lowest BCUT2D eigenvalue weighted by Crippen LogP contribution is -2.22. The average Bonchev–Trinajstić information content (AvgIpc) is 2.71. The van der Waals surface area contributed by atoms with E-state index in [0.717, 1.165) is 0 Å². The first-order valence-corrected chi connectivity index (χ1v) is 6.80. The van der Waals surface area contributed by atoms with Crippen molar-refractivity contribution in [2.45, 2.75) is 26.4 Å². The predicted octanol–water partition coefficient (Wildman–Crippen LogP) is 1.97. The first kappa shape index (κ1) is 14.5. The largest absolute Gasteiger partial charge is 0.462 e. The number of ether oxygens (including phenoxy) is 1. The number of rotatable bonds is 4. The lowest BCUT2D eigenvalue weighted by molar-refractivity contribution is -0.140. The van der Waals surface area contributed by atoms with E-state index in [1.54, 1.807) is 19.1 Å². The van der Waals surface area contributed by atoms with Gasteiger partial charge in [-0.3, -0.25) is 4.79 Å². The third-order valence-corrected chi connectivity index (χ3v) is 3.53. The van der Waals surface area contributed by atoms with E-state index in [0.29, 0.717) is 17.6 Å². The Balaban J connectivity index is 2.54. The zero-order valence-electron chi connectivity index (χ0n) is 11.6. The van der Waals surface area contributed by atoms with E-state index in [-0.39, 0.29) is 18.0 Å². The zero-order chi connectivity index (χ0) is 14.7. The molecule has 20 heavy (non-hydrogen) atoms. The molecule has 1 aromatic carbocycles. The molecular formula is C16H18O4. The normalized spacial score (nSPS) is 22.2. The second kappa shape index (κ2) is 6.01. The molecule has 2 rings (SSSR count). The molecule has 0 heterocycles. The van der Waals surface area contributed by atoms with E-state index in [1.165, 1.54) is 0 Å². The van der Waals surface area contributed by atoms with Gasteiger partial charge >= 0.3 is 5.97 Å². The summed E-state index contributed by atoms with van der Waals surface area (Å²) in [5.74, 6) is -1.53. The molecule has 0 unspecified atom stereocenters. The van der Waals surface area contributed by atoms with E-state index in [9.17, 15) is 14.7 Å². The number of carbonyl (C=O) groups is 2. The molecule has 1 aliphatic carbocycles. The lowest BCUT2D eigenvalue weighted by Gasteiger charge is -2.14. The molecule has 1 aliphatic rings. The summed E-state index contributed by atoms with van der Waals surface area (Å²) in [5.41, 5.74) is 1.07. The molecule has 0 saturated carbocycles. The van der Waals surface area contributed by atoms with Crippen molar-refractivity contribution in [3.8, 4) is 0 Å². The van der Waals surface area contributed by atoms with Crippen molar-refractivity contribution in [3.05, 3.63) is 41.5 Å². The van der Waals surface area contributed by atoms with E-state index in [4.69, 9.17) is 4.74 Å². The summed E-state index contributed by atoms with van der Waals surface area (Å²) in [6.45, 7) is 3.71. The summed E-state index contributed by atoms with van der Waals surface area (Å²) in [6.07, 6.45) is -0.464. The van der Waals surface area contributed by atoms with Gasteiger partial charge in [0.1, 0.15) is 5.57 Å². The zero-order valence-corrected chi connectivity index (χ0v) is 11.6. The fourth-order valence-corrected chi connectivity index (χ4v) is 2.57. The Morgan fingerprint density at radius 1 is 1.25 bits per heavy atom. The van der Waals surface area contributed by atoms with Crippen molar-refractivity contribution >= 4 is 17.3 Å². The maximum Gasteiger partial charge on any atom is 0.342 e. The van der Waals surface area contributed by atoms with Gasteiger partial charge < -0.3 is 9.84 Å². The third kappa shape index (κ3) is 2.39. The maximum absolute atomic E-state index is 12.3. The number of Topliss-reactive ketones (excluding diaryl/α,β-unsaturated/α-hetero) is 1. The Labute approximate surface area is 118 Å². The monoisotopic (exact) mass is 274 g/mol. The molecule has 0 aliphatic heterocycles. The standard InChI is InChI=1S/C16H18O4/c1-3-11-14(17)12(10-8-6-5-7-9-10)13(15(11)18)16(19)20-4-2/h5-9,11,14,17H,3-4H2,1-2H3/t11-,14-/m0/s1. The molecule has 106 valence electrons. The quantitative estimate of drug-likeness (QED) is 0.673. The van der Waals surface area contributed by atoms with Crippen LogP contribution in [0, 0.1) is 5.92 Å². The first-order valence-electron chi connectivity index (χ1n) is 6.80. The molecule has 1 aromatic rings. The lowest BCUT2D eigenvalue weighted by atomic mass is 9.95. The Hall–Kier alpha value is -1.94. The highest BCUT2D eigenvalue weighted by atomic mass is 16.5. The molecule has 0 radical (unpaired) electrons. The number of ketones is 1. The first-order chi connectivity index (χ1) is 9.61. The van der Waals surface area contributed by atoms with Crippen LogP contribution in [0.3, 0.4) is 0 Å². The Morgan fingerprint density at radius 2 is 1.90 bits per heavy atom. The van der Waals surface area contributed by atoms with Gasteiger partial charge in [0, 0.05) is 5.57 Å². The van der Waals surface area contributed by atoms with E-state index < -0.39 is 18.0 Å². The van der Waals surface area contributed by atoms with Crippen molar-refractivity contribution in [3.63, 3.8) is 0 Å². The number of aliphatic hydroxyl groups is 1. The Morgan fingerprint density at radius 3 is 2.45 bits per heavy atom. The van der Waals surface area contributed by atoms with Crippen molar-refractivity contribution in [2.75, 3.05) is 6.61 Å². The van der Waals surface area contributed by atoms with E-state index in [1.807, 2.05) is 25.1 Å². The number of aliphatic hydroxyl groups excluding tert-OH is 1. The van der Waals surface area contributed by atoms with Crippen molar-refractivity contribution in [2.24, 2.45) is 5.92 Å². The van der Waals surface area contributed by atoms with Crippen molar-refractivity contribution in [1.29, 1.82) is 0 Å². The molecule has 4 nitrogen and oxygen atoms in total. The van der Waals surface area contributed by atoms with Crippen LogP contribution in [0.2, 0.25) is 0 Å². The number of hydrogen-bond acceptors (Lipinski definition) is 4. The summed E-state index contributed by atoms with van der Waals surface area (Å²) in [6, 6.07) is 9.02. The topological polar surface area (TPSA) is 63.6 Å². The van der Waals surface area contributed by atoms with Crippen LogP contribution in [0.5, 0.6) is 0 Å². The molecule has 0 bridgehead atoms. The molecule has 0 amide bonds. The van der Waals surface area contributed by atoms with Crippen LogP contribution in [0.25, 0.3) is 5.57 Å². The molecule has 0 aromatic heterocycles. The second-order valence-corrected chi connectivity index (χ2v) is 4.70. The smallest absolute Gasteiger partial charge is 0.342 e. The number of benzene rings is 1. The third-order valence-electron chi connectivity index (χ3n) is 3.53. The van der Waals surface area contributed by atoms with Gasteiger partial charge in [0.2, 0.25) is 0 Å². The van der Waals surface area contributed by atoms with Gasteiger partial charge in [0.15, 0.2) is 5.78 Å². The molecular weight excluding hydrogens is 256 g/mol. The van der Waals surface area contributed by atoms with Crippen LogP contribution >= 0.6 is 0 Å². The van der Waals surface area contributed by atoms with Gasteiger partial charge in [-0.2, -0.15) is 0 Å². The van der Waals surface area contributed by atoms with Crippen LogP contribution in [0.4, 0.5) is 0 Å². The summed E-state index contributed by atoms with van der Waals surface area (Å²) < 4.78 is 4.96. The fraction of sp³-hybridized carbons (Fsp3) is 0.375. The van der Waals surface area contributed by atoms with Crippen LogP contribution in [0.1, 0.15) is 25.8 Å². The van der Waals surface area contributed by atoms with Crippen molar-refractivity contribution in [1.82, 2.24) is 0 Å². The van der Waals surface area contributed by atoms with Crippen LogP contribution in [-0.2, 0) is 14.3 Å². The summed E-state index contributed by atoms with van der Waals surface area (Å²) in [4.78, 5) is 24.4. The molecule has 0 spiro atoms. The minimum Gasteiger partial charge on any atom is -0.462 e. The van der Waals surface area contributed by atoms with Gasteiger partial charge in [-0.1, -0.05) is 37.3 Å². The maximum atomic E-state index is 12.3. The molecule has 4 heteroatoms. The van der Waals surface area contributed by atoms with E-state index in [2.05, 4.69) is 0 Å². The number of carbonyl (C=O) groups excluding carboxylic acids is 2. The SMILES string of the molecule is CCOC(=O)C1=C(c2ccccc2)[C@@H](O)[C@H](CC)C1=O.